The standard InChI is InChI=1S/C16H25BrN2O/c1-4-19-9-7-15(8-10-19)18(2)12-13-11-14(17)5-6-16(13)20-3/h5-6,11,15H,4,7-10,12H2,1-3H3. The third kappa shape index (κ3) is 3.96. The van der Waals surface area contributed by atoms with Crippen LogP contribution in [0.1, 0.15) is 25.3 Å². The quantitative estimate of drug-likeness (QED) is 0.817. The third-order valence-corrected chi connectivity index (χ3v) is 4.78. The lowest BCUT2D eigenvalue weighted by Crippen LogP contribution is -2.42. The van der Waals surface area contributed by atoms with Gasteiger partial charge in [0, 0.05) is 22.6 Å². The first-order valence-electron chi connectivity index (χ1n) is 7.39. The zero-order valence-corrected chi connectivity index (χ0v) is 14.3. The molecule has 1 aliphatic rings. The zero-order valence-electron chi connectivity index (χ0n) is 12.7. The minimum absolute atomic E-state index is 0.682. The Labute approximate surface area is 131 Å². The molecule has 0 amide bonds. The lowest BCUT2D eigenvalue weighted by molar-refractivity contribution is 0.126. The molecule has 112 valence electrons. The molecule has 1 saturated heterocycles. The summed E-state index contributed by atoms with van der Waals surface area (Å²) in [6.45, 7) is 6.81. The molecule has 0 saturated carbocycles. The van der Waals surface area contributed by atoms with Crippen molar-refractivity contribution in [3.05, 3.63) is 28.2 Å². The van der Waals surface area contributed by atoms with Gasteiger partial charge in [-0.1, -0.05) is 22.9 Å². The van der Waals surface area contributed by atoms with E-state index in [1.165, 1.54) is 38.0 Å². The van der Waals surface area contributed by atoms with Gasteiger partial charge in [-0.3, -0.25) is 4.90 Å². The van der Waals surface area contributed by atoms with Gasteiger partial charge in [-0.25, -0.2) is 0 Å². The average molecular weight is 341 g/mol. The predicted molar refractivity (Wildman–Crippen MR) is 87.3 cm³/mol. The molecule has 20 heavy (non-hydrogen) atoms. The fourth-order valence-electron chi connectivity index (χ4n) is 2.94. The lowest BCUT2D eigenvalue weighted by Gasteiger charge is -2.36. The Hall–Kier alpha value is -0.580. The van der Waals surface area contributed by atoms with Gasteiger partial charge in [0.1, 0.15) is 5.75 Å². The van der Waals surface area contributed by atoms with Crippen molar-refractivity contribution < 1.29 is 4.74 Å². The normalized spacial score (nSPS) is 17.6. The molecule has 1 aromatic carbocycles. The SMILES string of the molecule is CCN1CCC(N(C)Cc2cc(Br)ccc2OC)CC1. The summed E-state index contributed by atoms with van der Waals surface area (Å²) in [5.41, 5.74) is 1.25. The number of piperidine rings is 1. The van der Waals surface area contributed by atoms with E-state index in [9.17, 15) is 0 Å². The highest BCUT2D eigenvalue weighted by Crippen LogP contribution is 2.26. The van der Waals surface area contributed by atoms with Crippen molar-refractivity contribution in [3.63, 3.8) is 0 Å². The minimum atomic E-state index is 0.682. The van der Waals surface area contributed by atoms with E-state index < -0.39 is 0 Å². The number of methoxy groups -OCH3 is 1. The Bertz CT molecular complexity index is 430. The van der Waals surface area contributed by atoms with Gasteiger partial charge in [0.2, 0.25) is 0 Å². The Morgan fingerprint density at radius 1 is 1.35 bits per heavy atom. The second-order valence-electron chi connectivity index (χ2n) is 5.54. The Balaban J connectivity index is 1.97. The van der Waals surface area contributed by atoms with Gasteiger partial charge in [0.25, 0.3) is 0 Å². The molecule has 1 aromatic rings. The maximum Gasteiger partial charge on any atom is 0.123 e. The van der Waals surface area contributed by atoms with E-state index in [1.54, 1.807) is 7.11 Å². The first kappa shape index (κ1) is 15.8. The zero-order chi connectivity index (χ0) is 14.5. The molecule has 3 nitrogen and oxygen atoms in total. The first-order chi connectivity index (χ1) is 9.63. The summed E-state index contributed by atoms with van der Waals surface area (Å²) in [5, 5.41) is 0. The molecule has 0 aromatic heterocycles. The number of hydrogen-bond acceptors (Lipinski definition) is 3. The molecule has 0 radical (unpaired) electrons. The van der Waals surface area contributed by atoms with Crippen molar-refractivity contribution in [3.8, 4) is 5.75 Å². The molecule has 2 rings (SSSR count). The van der Waals surface area contributed by atoms with E-state index in [0.717, 1.165) is 16.8 Å². The van der Waals surface area contributed by atoms with Crippen molar-refractivity contribution in [2.24, 2.45) is 0 Å². The van der Waals surface area contributed by atoms with Crippen molar-refractivity contribution in [1.82, 2.24) is 9.80 Å². The van der Waals surface area contributed by atoms with E-state index in [4.69, 9.17) is 4.74 Å². The van der Waals surface area contributed by atoms with Gasteiger partial charge in [-0.2, -0.15) is 0 Å². The van der Waals surface area contributed by atoms with Gasteiger partial charge >= 0.3 is 0 Å². The van der Waals surface area contributed by atoms with Crippen LogP contribution >= 0.6 is 15.9 Å². The molecule has 0 atom stereocenters. The molecule has 1 fully saturated rings. The molecule has 1 aliphatic heterocycles. The summed E-state index contributed by atoms with van der Waals surface area (Å²) in [4.78, 5) is 5.00. The maximum absolute atomic E-state index is 5.47. The summed E-state index contributed by atoms with van der Waals surface area (Å²) in [6.07, 6.45) is 2.53. The van der Waals surface area contributed by atoms with Crippen LogP contribution in [0.4, 0.5) is 0 Å². The van der Waals surface area contributed by atoms with Crippen LogP contribution in [-0.2, 0) is 6.54 Å². The summed E-state index contributed by atoms with van der Waals surface area (Å²) in [7, 11) is 3.97. The summed E-state index contributed by atoms with van der Waals surface area (Å²) >= 11 is 3.55. The van der Waals surface area contributed by atoms with E-state index in [0.29, 0.717) is 6.04 Å². The predicted octanol–water partition coefficient (Wildman–Crippen LogP) is 3.37. The fourth-order valence-corrected chi connectivity index (χ4v) is 3.35. The average Bonchev–Trinajstić information content (AvgIpc) is 2.47. The first-order valence-corrected chi connectivity index (χ1v) is 8.18. The number of likely N-dealkylation sites (tertiary alicyclic amines) is 1. The Morgan fingerprint density at radius 2 is 2.05 bits per heavy atom. The van der Waals surface area contributed by atoms with Crippen molar-refractivity contribution >= 4 is 15.9 Å². The van der Waals surface area contributed by atoms with Gasteiger partial charge in [-0.15, -0.1) is 0 Å². The number of benzene rings is 1. The molecule has 0 aliphatic carbocycles. The summed E-state index contributed by atoms with van der Waals surface area (Å²) in [6, 6.07) is 6.91. The van der Waals surface area contributed by atoms with Crippen LogP contribution < -0.4 is 4.74 Å². The maximum atomic E-state index is 5.47. The highest BCUT2D eigenvalue weighted by molar-refractivity contribution is 9.10. The van der Waals surface area contributed by atoms with E-state index in [-0.39, 0.29) is 0 Å². The highest BCUT2D eigenvalue weighted by Gasteiger charge is 2.22. The van der Waals surface area contributed by atoms with Gasteiger partial charge in [0.15, 0.2) is 0 Å². The van der Waals surface area contributed by atoms with Crippen molar-refractivity contribution in [2.45, 2.75) is 32.4 Å². The second-order valence-corrected chi connectivity index (χ2v) is 6.45. The van der Waals surface area contributed by atoms with Crippen LogP contribution in [0.2, 0.25) is 0 Å². The molecule has 1 heterocycles. The molecule has 0 unspecified atom stereocenters. The van der Waals surface area contributed by atoms with Gasteiger partial charge in [-0.05, 0) is 57.7 Å². The molecule has 0 bridgehead atoms. The number of halogens is 1. The Morgan fingerprint density at radius 3 is 2.65 bits per heavy atom. The van der Waals surface area contributed by atoms with Crippen molar-refractivity contribution in [1.29, 1.82) is 0 Å². The van der Waals surface area contributed by atoms with Crippen LogP contribution in [0.15, 0.2) is 22.7 Å². The summed E-state index contributed by atoms with van der Waals surface area (Å²) in [5.74, 6) is 0.978. The number of rotatable bonds is 5. The van der Waals surface area contributed by atoms with E-state index in [2.05, 4.69) is 45.8 Å². The topological polar surface area (TPSA) is 15.7 Å². The smallest absolute Gasteiger partial charge is 0.123 e. The van der Waals surface area contributed by atoms with E-state index in [1.807, 2.05) is 12.1 Å². The largest absolute Gasteiger partial charge is 0.496 e. The van der Waals surface area contributed by atoms with Crippen LogP contribution in [0, 0.1) is 0 Å². The van der Waals surface area contributed by atoms with Crippen LogP contribution in [0.5, 0.6) is 5.75 Å². The molecule has 4 heteroatoms. The number of hydrogen-bond donors (Lipinski definition) is 0. The third-order valence-electron chi connectivity index (χ3n) is 4.29. The number of ether oxygens (including phenoxy) is 1. The molecule has 0 N–H and O–H groups in total. The van der Waals surface area contributed by atoms with Crippen molar-refractivity contribution in [2.75, 3.05) is 33.8 Å². The fraction of sp³-hybridized carbons (Fsp3) is 0.625. The molecule has 0 spiro atoms. The highest BCUT2D eigenvalue weighted by atomic mass is 79.9. The van der Waals surface area contributed by atoms with Gasteiger partial charge in [0.05, 0.1) is 7.11 Å². The van der Waals surface area contributed by atoms with Crippen LogP contribution in [0.3, 0.4) is 0 Å². The van der Waals surface area contributed by atoms with Crippen LogP contribution in [-0.4, -0.2) is 49.6 Å². The summed E-state index contributed by atoms with van der Waals surface area (Å²) < 4.78 is 6.58. The molecular formula is C16H25BrN2O. The van der Waals surface area contributed by atoms with Crippen LogP contribution in [0.25, 0.3) is 0 Å². The van der Waals surface area contributed by atoms with Gasteiger partial charge < -0.3 is 9.64 Å². The monoisotopic (exact) mass is 340 g/mol. The minimum Gasteiger partial charge on any atom is -0.496 e. The number of nitrogens with zero attached hydrogens (tertiary/aromatic N) is 2. The Kier molecular flexibility index (Phi) is 5.87. The lowest BCUT2D eigenvalue weighted by atomic mass is 10.0. The van der Waals surface area contributed by atoms with E-state index >= 15 is 0 Å². The molecular weight excluding hydrogens is 316 g/mol. The second kappa shape index (κ2) is 7.43.